The zero-order valence-electron chi connectivity index (χ0n) is 9.68. The van der Waals surface area contributed by atoms with Crippen LogP contribution in [0, 0.1) is 0 Å². The van der Waals surface area contributed by atoms with Crippen molar-refractivity contribution in [3.63, 3.8) is 0 Å². The van der Waals surface area contributed by atoms with Crippen LogP contribution in [0.4, 0.5) is 5.69 Å². The first-order valence-corrected chi connectivity index (χ1v) is 5.61. The molecule has 4 heteroatoms. The average Bonchev–Trinajstić information content (AvgIpc) is 2.38. The van der Waals surface area contributed by atoms with E-state index in [1.165, 1.54) is 0 Å². The lowest BCUT2D eigenvalue weighted by molar-refractivity contribution is -0.117. The number of amides is 1. The van der Waals surface area contributed by atoms with Gasteiger partial charge in [-0.05, 0) is 23.9 Å². The minimum absolute atomic E-state index is 0.163. The second-order valence-electron chi connectivity index (χ2n) is 3.91. The van der Waals surface area contributed by atoms with E-state index in [2.05, 4.69) is 10.3 Å². The van der Waals surface area contributed by atoms with Crippen molar-refractivity contribution in [1.82, 2.24) is 4.98 Å². The number of hydrogen-bond acceptors (Lipinski definition) is 3. The Morgan fingerprint density at radius 3 is 3.06 bits per heavy atom. The first-order chi connectivity index (χ1) is 8.22. The summed E-state index contributed by atoms with van der Waals surface area (Å²) in [5.74, 6) is -0.163. The highest BCUT2D eigenvalue weighted by Gasteiger charge is 2.12. The molecule has 2 aromatic rings. The molecule has 0 unspecified atom stereocenters. The third-order valence-corrected chi connectivity index (χ3v) is 2.72. The Bertz CT molecular complexity index is 534. The van der Waals surface area contributed by atoms with E-state index in [9.17, 15) is 4.79 Å². The number of benzene rings is 1. The fourth-order valence-electron chi connectivity index (χ4n) is 1.63. The molecule has 0 aliphatic rings. The molecular weight excluding hydrogens is 214 g/mol. The summed E-state index contributed by atoms with van der Waals surface area (Å²) in [6, 6.07) is 7.17. The van der Waals surface area contributed by atoms with Crippen molar-refractivity contribution in [2.24, 2.45) is 5.73 Å². The second kappa shape index (κ2) is 4.93. The topological polar surface area (TPSA) is 68.0 Å². The average molecular weight is 229 g/mol. The van der Waals surface area contributed by atoms with Crippen LogP contribution in [0.3, 0.4) is 0 Å². The van der Waals surface area contributed by atoms with E-state index in [4.69, 9.17) is 5.73 Å². The quantitative estimate of drug-likeness (QED) is 0.844. The molecule has 3 N–H and O–H groups in total. The lowest BCUT2D eigenvalue weighted by atomic mass is 10.1. The van der Waals surface area contributed by atoms with Crippen LogP contribution < -0.4 is 11.1 Å². The Morgan fingerprint density at radius 2 is 2.29 bits per heavy atom. The molecule has 0 bridgehead atoms. The van der Waals surface area contributed by atoms with Crippen molar-refractivity contribution in [2.75, 3.05) is 5.32 Å². The van der Waals surface area contributed by atoms with Crippen LogP contribution in [0.15, 0.2) is 36.7 Å². The number of aromatic nitrogens is 1. The van der Waals surface area contributed by atoms with E-state index in [1.807, 2.05) is 31.2 Å². The summed E-state index contributed by atoms with van der Waals surface area (Å²) in [7, 11) is 0. The van der Waals surface area contributed by atoms with Crippen molar-refractivity contribution in [3.05, 3.63) is 36.7 Å². The highest BCUT2D eigenvalue weighted by atomic mass is 16.2. The molecule has 1 heterocycles. The number of pyridine rings is 1. The van der Waals surface area contributed by atoms with Gasteiger partial charge < -0.3 is 11.1 Å². The number of carbonyl (C=O) groups excluding carboxylic acids is 1. The Kier molecular flexibility index (Phi) is 3.35. The normalized spacial score (nSPS) is 12.4. The Labute approximate surface area is 99.8 Å². The van der Waals surface area contributed by atoms with Crippen LogP contribution in [0.25, 0.3) is 10.8 Å². The number of anilines is 1. The van der Waals surface area contributed by atoms with Crippen LogP contribution in [0.1, 0.15) is 13.3 Å². The molecule has 0 aliphatic carbocycles. The molecule has 0 fully saturated rings. The summed E-state index contributed by atoms with van der Waals surface area (Å²) in [6.07, 6.45) is 4.09. The zero-order valence-corrected chi connectivity index (χ0v) is 9.68. The summed E-state index contributed by atoms with van der Waals surface area (Å²) in [5.41, 5.74) is 6.43. The van der Waals surface area contributed by atoms with E-state index in [0.29, 0.717) is 6.42 Å². The van der Waals surface area contributed by atoms with Gasteiger partial charge in [-0.3, -0.25) is 9.78 Å². The number of rotatable bonds is 3. The van der Waals surface area contributed by atoms with Gasteiger partial charge in [-0.25, -0.2) is 0 Å². The highest BCUT2D eigenvalue weighted by Crippen LogP contribution is 2.22. The van der Waals surface area contributed by atoms with E-state index in [0.717, 1.165) is 16.5 Å². The monoisotopic (exact) mass is 229 g/mol. The summed E-state index contributed by atoms with van der Waals surface area (Å²) in [6.45, 7) is 1.88. The zero-order chi connectivity index (χ0) is 12.3. The summed E-state index contributed by atoms with van der Waals surface area (Å²) in [4.78, 5) is 15.8. The van der Waals surface area contributed by atoms with Crippen molar-refractivity contribution in [1.29, 1.82) is 0 Å². The van der Waals surface area contributed by atoms with Gasteiger partial charge >= 0.3 is 0 Å². The van der Waals surface area contributed by atoms with Crippen LogP contribution in [-0.4, -0.2) is 16.9 Å². The highest BCUT2D eigenvalue weighted by molar-refractivity contribution is 6.03. The molecule has 1 atom stereocenters. The van der Waals surface area contributed by atoms with E-state index >= 15 is 0 Å². The molecule has 0 saturated heterocycles. The number of fused-ring (bicyclic) bond motifs is 1. The van der Waals surface area contributed by atoms with Gasteiger partial charge in [0, 0.05) is 17.8 Å². The van der Waals surface area contributed by atoms with E-state index < -0.39 is 6.04 Å². The Balaban J connectivity index is 2.33. The molecule has 0 aliphatic heterocycles. The summed E-state index contributed by atoms with van der Waals surface area (Å²) < 4.78 is 0. The van der Waals surface area contributed by atoms with Gasteiger partial charge in [-0.15, -0.1) is 0 Å². The van der Waals surface area contributed by atoms with Crippen LogP contribution in [0.5, 0.6) is 0 Å². The number of nitrogens with one attached hydrogen (secondary N) is 1. The number of carbonyl (C=O) groups is 1. The molecule has 17 heavy (non-hydrogen) atoms. The van der Waals surface area contributed by atoms with E-state index in [1.54, 1.807) is 12.4 Å². The van der Waals surface area contributed by atoms with Crippen molar-refractivity contribution in [3.8, 4) is 0 Å². The number of nitrogens with two attached hydrogens (primary N) is 1. The molecule has 1 aromatic carbocycles. The third-order valence-electron chi connectivity index (χ3n) is 2.72. The predicted octanol–water partition coefficient (Wildman–Crippen LogP) is 1.91. The Hall–Kier alpha value is -1.94. The molecule has 0 saturated carbocycles. The van der Waals surface area contributed by atoms with Crippen LogP contribution in [-0.2, 0) is 4.79 Å². The maximum atomic E-state index is 11.7. The molecule has 88 valence electrons. The van der Waals surface area contributed by atoms with Gasteiger partial charge in [0.15, 0.2) is 0 Å². The Morgan fingerprint density at radius 1 is 1.47 bits per heavy atom. The van der Waals surface area contributed by atoms with Crippen molar-refractivity contribution >= 4 is 22.4 Å². The minimum atomic E-state index is -0.470. The summed E-state index contributed by atoms with van der Waals surface area (Å²) in [5, 5.41) is 4.80. The van der Waals surface area contributed by atoms with Gasteiger partial charge in [0.05, 0.1) is 11.7 Å². The largest absolute Gasteiger partial charge is 0.324 e. The smallest absolute Gasteiger partial charge is 0.241 e. The lowest BCUT2D eigenvalue weighted by Gasteiger charge is -2.11. The molecule has 0 spiro atoms. The standard InChI is InChI=1S/C13H15N3O/c1-2-11(14)13(17)16-12-5-3-4-9-6-7-15-8-10(9)12/h3-8,11H,2,14H2,1H3,(H,16,17)/t11-/m1/s1. The fourth-order valence-corrected chi connectivity index (χ4v) is 1.63. The molecule has 1 amide bonds. The van der Waals surface area contributed by atoms with Crippen molar-refractivity contribution in [2.45, 2.75) is 19.4 Å². The van der Waals surface area contributed by atoms with Gasteiger partial charge in [-0.2, -0.15) is 0 Å². The van der Waals surface area contributed by atoms with Crippen LogP contribution in [0.2, 0.25) is 0 Å². The SMILES string of the molecule is CC[C@@H](N)C(=O)Nc1cccc2ccncc12. The van der Waals surface area contributed by atoms with Gasteiger partial charge in [0.25, 0.3) is 0 Å². The van der Waals surface area contributed by atoms with Gasteiger partial charge in [0.2, 0.25) is 5.91 Å². The molecular formula is C13H15N3O. The molecule has 0 radical (unpaired) electrons. The number of nitrogens with zero attached hydrogens (tertiary/aromatic N) is 1. The fraction of sp³-hybridized carbons (Fsp3) is 0.231. The first kappa shape index (κ1) is 11.5. The second-order valence-corrected chi connectivity index (χ2v) is 3.91. The van der Waals surface area contributed by atoms with Gasteiger partial charge in [-0.1, -0.05) is 19.1 Å². The maximum absolute atomic E-state index is 11.7. The maximum Gasteiger partial charge on any atom is 0.241 e. The molecule has 4 nitrogen and oxygen atoms in total. The minimum Gasteiger partial charge on any atom is -0.324 e. The van der Waals surface area contributed by atoms with Crippen LogP contribution >= 0.6 is 0 Å². The first-order valence-electron chi connectivity index (χ1n) is 5.61. The third kappa shape index (κ3) is 2.42. The summed E-state index contributed by atoms with van der Waals surface area (Å²) >= 11 is 0. The van der Waals surface area contributed by atoms with Gasteiger partial charge in [0.1, 0.15) is 0 Å². The molecule has 2 rings (SSSR count). The molecule has 1 aromatic heterocycles. The van der Waals surface area contributed by atoms with E-state index in [-0.39, 0.29) is 5.91 Å². The predicted molar refractivity (Wildman–Crippen MR) is 68.6 cm³/mol. The number of hydrogen-bond donors (Lipinski definition) is 2. The lowest BCUT2D eigenvalue weighted by Crippen LogP contribution is -2.34. The van der Waals surface area contributed by atoms with Crippen molar-refractivity contribution < 1.29 is 4.79 Å².